The largest absolute Gasteiger partial charge is 0.256 e. The Morgan fingerprint density at radius 1 is 1.38 bits per heavy atom. The summed E-state index contributed by atoms with van der Waals surface area (Å²) in [7, 11) is 0. The summed E-state index contributed by atoms with van der Waals surface area (Å²) in [5, 5.41) is 2.07. The van der Waals surface area contributed by atoms with Crippen LogP contribution in [0.1, 0.15) is 11.8 Å². The van der Waals surface area contributed by atoms with Crippen molar-refractivity contribution in [3.8, 4) is 0 Å². The molecule has 1 unspecified atom stereocenters. The first-order valence-electron chi connectivity index (χ1n) is 4.33. The van der Waals surface area contributed by atoms with E-state index in [0.717, 1.165) is 5.71 Å². The lowest BCUT2D eigenvalue weighted by Gasteiger charge is -1.93. The van der Waals surface area contributed by atoms with E-state index in [-0.39, 0.29) is 0 Å². The summed E-state index contributed by atoms with van der Waals surface area (Å²) in [6.45, 7) is 2.15. The summed E-state index contributed by atoms with van der Waals surface area (Å²) >= 11 is 1.72. The van der Waals surface area contributed by atoms with Crippen LogP contribution in [0, 0.1) is 5.92 Å². The molecule has 0 N–H and O–H groups in total. The summed E-state index contributed by atoms with van der Waals surface area (Å²) in [5.74, 6) is 0.487. The van der Waals surface area contributed by atoms with E-state index in [4.69, 9.17) is 0 Å². The van der Waals surface area contributed by atoms with Crippen LogP contribution in [-0.2, 0) is 0 Å². The Kier molecular flexibility index (Phi) is 2.41. The molecule has 1 atom stereocenters. The van der Waals surface area contributed by atoms with Crippen LogP contribution in [0.25, 0.3) is 0 Å². The lowest BCUT2D eigenvalue weighted by atomic mass is 10.1. The molecule has 1 nitrogen and oxygen atoms in total. The highest BCUT2D eigenvalue weighted by Crippen LogP contribution is 2.14. The van der Waals surface area contributed by atoms with Crippen molar-refractivity contribution in [3.63, 3.8) is 0 Å². The lowest BCUT2D eigenvalue weighted by Crippen LogP contribution is -1.91. The van der Waals surface area contributed by atoms with Gasteiger partial charge in [-0.1, -0.05) is 25.1 Å². The zero-order valence-electron chi connectivity index (χ0n) is 7.47. The summed E-state index contributed by atoms with van der Waals surface area (Å²) in [5.41, 5.74) is 1.07. The van der Waals surface area contributed by atoms with Gasteiger partial charge in [0.1, 0.15) is 0 Å². The molecule has 2 rings (SSSR count). The molecule has 0 fully saturated rings. The Morgan fingerprint density at radius 3 is 3.08 bits per heavy atom. The molecule has 0 spiro atoms. The van der Waals surface area contributed by atoms with Gasteiger partial charge in [0.05, 0.1) is 10.6 Å². The van der Waals surface area contributed by atoms with E-state index in [2.05, 4.69) is 41.6 Å². The predicted molar refractivity (Wildman–Crippen MR) is 58.3 cm³/mol. The van der Waals surface area contributed by atoms with Crippen LogP contribution in [-0.4, -0.2) is 5.71 Å². The van der Waals surface area contributed by atoms with Gasteiger partial charge in [-0.25, -0.2) is 0 Å². The molecular formula is C11H11NS. The zero-order chi connectivity index (χ0) is 9.10. The smallest absolute Gasteiger partial charge is 0.0798 e. The fraction of sp³-hybridized carbons (Fsp3) is 0.182. The fourth-order valence-electron chi connectivity index (χ4n) is 1.18. The number of rotatable bonds is 1. The minimum absolute atomic E-state index is 0.487. The summed E-state index contributed by atoms with van der Waals surface area (Å²) < 4.78 is 0. The second-order valence-corrected chi connectivity index (χ2v) is 4.00. The van der Waals surface area contributed by atoms with Gasteiger partial charge in [0, 0.05) is 6.20 Å². The van der Waals surface area contributed by atoms with Gasteiger partial charge < -0.3 is 0 Å². The molecule has 2 heteroatoms. The van der Waals surface area contributed by atoms with E-state index in [1.54, 1.807) is 11.3 Å². The van der Waals surface area contributed by atoms with Gasteiger partial charge in [-0.05, 0) is 23.4 Å². The van der Waals surface area contributed by atoms with Gasteiger partial charge in [0.25, 0.3) is 0 Å². The highest BCUT2D eigenvalue weighted by molar-refractivity contribution is 7.12. The molecule has 66 valence electrons. The quantitative estimate of drug-likeness (QED) is 0.643. The van der Waals surface area contributed by atoms with Crippen molar-refractivity contribution in [1.82, 2.24) is 0 Å². The van der Waals surface area contributed by atoms with Crippen molar-refractivity contribution in [2.75, 3.05) is 0 Å². The molecule has 1 aromatic rings. The first-order valence-corrected chi connectivity index (χ1v) is 5.21. The number of aliphatic imine (C=N–C) groups is 1. The van der Waals surface area contributed by atoms with E-state index in [9.17, 15) is 0 Å². The van der Waals surface area contributed by atoms with Gasteiger partial charge in [0.2, 0.25) is 0 Å². The van der Waals surface area contributed by atoms with E-state index in [1.165, 1.54) is 4.88 Å². The summed E-state index contributed by atoms with van der Waals surface area (Å²) in [6.07, 6.45) is 8.25. The Hall–Kier alpha value is -1.15. The Morgan fingerprint density at radius 2 is 2.31 bits per heavy atom. The maximum atomic E-state index is 4.38. The van der Waals surface area contributed by atoms with Crippen molar-refractivity contribution in [3.05, 3.63) is 46.8 Å². The molecular weight excluding hydrogens is 178 g/mol. The normalized spacial score (nSPS) is 21.3. The maximum absolute atomic E-state index is 4.38. The van der Waals surface area contributed by atoms with Crippen LogP contribution in [0.15, 0.2) is 46.9 Å². The van der Waals surface area contributed by atoms with Crippen LogP contribution in [0.4, 0.5) is 0 Å². The van der Waals surface area contributed by atoms with Crippen molar-refractivity contribution >= 4 is 17.0 Å². The average molecular weight is 189 g/mol. The number of thiophene rings is 1. The van der Waals surface area contributed by atoms with Gasteiger partial charge in [0.15, 0.2) is 0 Å². The summed E-state index contributed by atoms with van der Waals surface area (Å²) in [6, 6.07) is 4.14. The highest BCUT2D eigenvalue weighted by atomic mass is 32.1. The van der Waals surface area contributed by atoms with Crippen LogP contribution in [0.3, 0.4) is 0 Å². The second kappa shape index (κ2) is 3.71. The second-order valence-electron chi connectivity index (χ2n) is 3.05. The number of hydrogen-bond donors (Lipinski definition) is 0. The Bertz CT molecular complexity index is 357. The third-order valence-corrected chi connectivity index (χ3v) is 2.83. The van der Waals surface area contributed by atoms with Crippen molar-refractivity contribution in [2.45, 2.75) is 6.92 Å². The maximum Gasteiger partial charge on any atom is 0.0798 e. The standard InChI is InChI=1S/C11H11NS/c1-9-4-5-10(12-7-6-9)11-3-2-8-13-11/h2-9H,1H3. The molecule has 0 amide bonds. The summed E-state index contributed by atoms with van der Waals surface area (Å²) in [4.78, 5) is 5.61. The number of allylic oxidation sites excluding steroid dienone is 3. The van der Waals surface area contributed by atoms with Crippen molar-refractivity contribution in [2.24, 2.45) is 10.9 Å². The monoisotopic (exact) mass is 189 g/mol. The van der Waals surface area contributed by atoms with Gasteiger partial charge in [-0.2, -0.15) is 0 Å². The molecule has 0 radical (unpaired) electrons. The molecule has 1 aliphatic rings. The van der Waals surface area contributed by atoms with Crippen LogP contribution in [0.2, 0.25) is 0 Å². The van der Waals surface area contributed by atoms with E-state index >= 15 is 0 Å². The highest BCUT2D eigenvalue weighted by Gasteiger charge is 2.02. The fourth-order valence-corrected chi connectivity index (χ4v) is 1.88. The van der Waals surface area contributed by atoms with Crippen LogP contribution >= 0.6 is 11.3 Å². The average Bonchev–Trinajstić information content (AvgIpc) is 2.56. The lowest BCUT2D eigenvalue weighted by molar-refractivity contribution is 0.940. The van der Waals surface area contributed by atoms with Gasteiger partial charge in [-0.15, -0.1) is 11.3 Å². The first kappa shape index (κ1) is 8.45. The molecule has 0 aliphatic carbocycles. The molecule has 2 heterocycles. The molecule has 0 aromatic carbocycles. The first-order chi connectivity index (χ1) is 6.36. The molecule has 0 saturated heterocycles. The molecule has 1 aliphatic heterocycles. The molecule has 13 heavy (non-hydrogen) atoms. The third-order valence-electron chi connectivity index (χ3n) is 1.93. The number of hydrogen-bond acceptors (Lipinski definition) is 2. The Balaban J connectivity index is 2.31. The van der Waals surface area contributed by atoms with Gasteiger partial charge >= 0.3 is 0 Å². The minimum atomic E-state index is 0.487. The van der Waals surface area contributed by atoms with E-state index in [0.29, 0.717) is 5.92 Å². The molecule has 1 aromatic heterocycles. The Labute approximate surface area is 82.1 Å². The SMILES string of the molecule is CC1C=CN=C(c2cccs2)C=C1. The zero-order valence-corrected chi connectivity index (χ0v) is 8.29. The van der Waals surface area contributed by atoms with Crippen molar-refractivity contribution in [1.29, 1.82) is 0 Å². The topological polar surface area (TPSA) is 12.4 Å². The molecule has 0 bridgehead atoms. The molecule has 0 saturated carbocycles. The minimum Gasteiger partial charge on any atom is -0.256 e. The van der Waals surface area contributed by atoms with Gasteiger partial charge in [-0.3, -0.25) is 4.99 Å². The van der Waals surface area contributed by atoms with Crippen LogP contribution in [0.5, 0.6) is 0 Å². The third kappa shape index (κ3) is 1.95. The van der Waals surface area contributed by atoms with Crippen LogP contribution < -0.4 is 0 Å². The van der Waals surface area contributed by atoms with Crippen molar-refractivity contribution < 1.29 is 0 Å². The van der Waals surface area contributed by atoms with E-state index < -0.39 is 0 Å². The predicted octanol–water partition coefficient (Wildman–Crippen LogP) is 3.26. The number of nitrogens with zero attached hydrogens (tertiary/aromatic N) is 1. The van der Waals surface area contributed by atoms with E-state index in [1.807, 2.05) is 12.3 Å².